The predicted octanol–water partition coefficient (Wildman–Crippen LogP) is 9.61. The van der Waals surface area contributed by atoms with Crippen molar-refractivity contribution in [3.8, 4) is 0 Å². The molecule has 0 nitrogen and oxygen atoms in total. The maximum atomic E-state index is 2.28. The van der Waals surface area contributed by atoms with Crippen molar-refractivity contribution in [3.63, 3.8) is 0 Å². The number of fused-ring (bicyclic) bond motifs is 2. The third kappa shape index (κ3) is 8.84. The maximum absolute atomic E-state index is 2.28. The Bertz CT molecular complexity index is 1030. The minimum absolute atomic E-state index is 0. The van der Waals surface area contributed by atoms with Crippen molar-refractivity contribution in [2.75, 3.05) is 0 Å². The van der Waals surface area contributed by atoms with Gasteiger partial charge in [0.1, 0.15) is 0 Å². The number of aryl methyl sites for hydroxylation is 2. The Kier molecular flexibility index (Phi) is 14.1. The van der Waals surface area contributed by atoms with Gasteiger partial charge in [-0.2, -0.15) is 12.1 Å². The molecule has 4 heteroatoms. The molecule has 0 saturated heterocycles. The van der Waals surface area contributed by atoms with Crippen LogP contribution in [0.25, 0.3) is 21.5 Å². The molecule has 32 heavy (non-hydrogen) atoms. The van der Waals surface area contributed by atoms with Crippen LogP contribution >= 0.6 is 24.8 Å². The summed E-state index contributed by atoms with van der Waals surface area (Å²) in [6.45, 7) is 17.8. The summed E-state index contributed by atoms with van der Waals surface area (Å²) in [7, 11) is 0. The van der Waals surface area contributed by atoms with Crippen LogP contribution < -0.4 is 0 Å². The molecule has 0 bridgehead atoms. The second kappa shape index (κ2) is 14.4. The van der Waals surface area contributed by atoms with E-state index >= 15 is 0 Å². The van der Waals surface area contributed by atoms with E-state index < -0.39 is 0 Å². The Hall–Kier alpha value is -0.829. The fourth-order valence-electron chi connectivity index (χ4n) is 3.82. The number of rotatable bonds is 2. The molecule has 0 saturated carbocycles. The molecule has 0 spiro atoms. The molecule has 0 aliphatic heterocycles. The summed E-state index contributed by atoms with van der Waals surface area (Å²) in [5.41, 5.74) is 5.66. The molecular weight excluding hydrogens is 483 g/mol. The third-order valence-electron chi connectivity index (χ3n) is 5.10. The zero-order chi connectivity index (χ0) is 22.4. The smallest absolute Gasteiger partial charge is 0.0308 e. The Balaban J connectivity index is 0.000000490. The topological polar surface area (TPSA) is 0 Å². The van der Waals surface area contributed by atoms with Crippen LogP contribution in [0.15, 0.2) is 60.7 Å². The van der Waals surface area contributed by atoms with Crippen LogP contribution in [0.5, 0.6) is 0 Å². The van der Waals surface area contributed by atoms with Gasteiger partial charge in [-0.25, -0.2) is 0 Å². The second-order valence-electron chi connectivity index (χ2n) is 9.08. The van der Waals surface area contributed by atoms with Gasteiger partial charge in [0, 0.05) is 0 Å². The van der Waals surface area contributed by atoms with E-state index in [0.717, 1.165) is 0 Å². The van der Waals surface area contributed by atoms with E-state index in [1.165, 1.54) is 43.8 Å². The van der Waals surface area contributed by atoms with Crippen molar-refractivity contribution in [2.45, 2.75) is 66.5 Å². The molecular formula is C28H38Cl2SiTi. The van der Waals surface area contributed by atoms with E-state index in [1.54, 1.807) is 0 Å². The van der Waals surface area contributed by atoms with Crippen LogP contribution in [-0.4, -0.2) is 6.19 Å². The van der Waals surface area contributed by atoms with Crippen molar-refractivity contribution >= 4 is 52.5 Å². The monoisotopic (exact) mass is 520 g/mol. The minimum Gasteiger partial charge on any atom is -0.165 e. The Morgan fingerprint density at radius 2 is 1.00 bits per heavy atom. The van der Waals surface area contributed by atoms with Crippen molar-refractivity contribution in [1.29, 1.82) is 0 Å². The zero-order valence-electron chi connectivity index (χ0n) is 20.7. The van der Waals surface area contributed by atoms with Gasteiger partial charge in [0.05, 0.1) is 0 Å². The molecule has 0 heterocycles. The number of benzene rings is 2. The first-order chi connectivity index (χ1) is 14.1. The molecule has 0 unspecified atom stereocenters. The summed E-state index contributed by atoms with van der Waals surface area (Å²) in [5, 5.41) is 5.61. The fourth-order valence-corrected chi connectivity index (χ4v) is 3.82. The summed E-state index contributed by atoms with van der Waals surface area (Å²) < 4.78 is 0. The van der Waals surface area contributed by atoms with Crippen LogP contribution in [0.3, 0.4) is 0 Å². The molecule has 4 rings (SSSR count). The van der Waals surface area contributed by atoms with E-state index in [-0.39, 0.29) is 31.0 Å². The van der Waals surface area contributed by atoms with E-state index in [4.69, 9.17) is 0 Å². The van der Waals surface area contributed by atoms with Crippen LogP contribution in [0, 0.1) is 13.8 Å². The zero-order valence-corrected chi connectivity index (χ0v) is 24.9. The average molecular weight is 521 g/mol. The SMILES string of the molecule is C[Si](C)=[Ti+2].Cc1cc2c(C(C)C)cccc2[cH-]1.Cc1cc2c(C(C)C)cccc2[cH-]1.Cl.Cl. The largest absolute Gasteiger partial charge is 0.165 e. The molecule has 0 fully saturated rings. The Labute approximate surface area is 219 Å². The summed E-state index contributed by atoms with van der Waals surface area (Å²) in [6.07, 6.45) is 0.120. The standard InChI is InChI=1S/2C13H15.C2H6Si.2ClH.Ti/c2*1-9(2)12-6-4-5-11-7-10(3)8-13(11)12;1-3-2;;;/h2*4-9H,1-3H3;1-2H3;2*1H;/q2*-1;;;;+2. The summed E-state index contributed by atoms with van der Waals surface area (Å²) >= 11 is 2.27. The van der Waals surface area contributed by atoms with E-state index in [1.807, 2.05) is 0 Å². The first-order valence-corrected chi connectivity index (χ1v) is 15.8. The molecule has 0 aromatic heterocycles. The Morgan fingerprint density at radius 3 is 1.28 bits per heavy atom. The van der Waals surface area contributed by atoms with Crippen LogP contribution in [0.4, 0.5) is 0 Å². The van der Waals surface area contributed by atoms with Gasteiger partial charge in [-0.05, 0) is 11.8 Å². The predicted molar refractivity (Wildman–Crippen MR) is 149 cm³/mol. The van der Waals surface area contributed by atoms with Crippen molar-refractivity contribution in [3.05, 3.63) is 82.9 Å². The van der Waals surface area contributed by atoms with E-state index in [0.29, 0.717) is 11.8 Å². The summed E-state index contributed by atoms with van der Waals surface area (Å²) in [6, 6.07) is 22.2. The molecule has 4 aromatic carbocycles. The fraction of sp³-hybridized carbons (Fsp3) is 0.357. The maximum Gasteiger partial charge on any atom is -0.0308 e. The second-order valence-corrected chi connectivity index (χ2v) is 15.8. The quantitative estimate of drug-likeness (QED) is 0.182. The van der Waals surface area contributed by atoms with Gasteiger partial charge >= 0.3 is 38.5 Å². The van der Waals surface area contributed by atoms with E-state index in [2.05, 4.69) is 134 Å². The number of hydrogen-bond acceptors (Lipinski definition) is 0. The van der Waals surface area contributed by atoms with Crippen LogP contribution in [0.1, 0.15) is 61.8 Å². The molecule has 0 atom stereocenters. The van der Waals surface area contributed by atoms with Crippen LogP contribution in [0.2, 0.25) is 13.1 Å². The third-order valence-corrected chi connectivity index (χ3v) is 5.10. The summed E-state index contributed by atoms with van der Waals surface area (Å²) in [5.74, 6) is 1.23. The molecule has 172 valence electrons. The molecule has 0 aliphatic rings. The van der Waals surface area contributed by atoms with E-state index in [9.17, 15) is 0 Å². The minimum atomic E-state index is 0. The van der Waals surface area contributed by atoms with Gasteiger partial charge in [0.15, 0.2) is 0 Å². The van der Waals surface area contributed by atoms with Crippen molar-refractivity contribution in [2.24, 2.45) is 0 Å². The first kappa shape index (κ1) is 31.2. The number of halogens is 2. The van der Waals surface area contributed by atoms with Gasteiger partial charge in [-0.3, -0.25) is 0 Å². The molecule has 4 aromatic rings. The first-order valence-electron chi connectivity index (χ1n) is 10.9. The average Bonchev–Trinajstić information content (AvgIpc) is 3.21. The van der Waals surface area contributed by atoms with Gasteiger partial charge in [0.2, 0.25) is 0 Å². The van der Waals surface area contributed by atoms with Gasteiger partial charge < -0.3 is 0 Å². The van der Waals surface area contributed by atoms with Crippen molar-refractivity contribution < 1.29 is 19.2 Å². The van der Waals surface area contributed by atoms with Crippen LogP contribution in [-0.2, 0) is 19.2 Å². The van der Waals surface area contributed by atoms with Gasteiger partial charge in [-0.1, -0.05) is 64.8 Å². The molecule has 0 radical (unpaired) electrons. The molecule has 0 N–H and O–H groups in total. The van der Waals surface area contributed by atoms with Gasteiger partial charge in [0.25, 0.3) is 0 Å². The number of hydrogen-bond donors (Lipinski definition) is 0. The summed E-state index contributed by atoms with van der Waals surface area (Å²) in [4.78, 5) is 0. The molecule has 0 amide bonds. The Morgan fingerprint density at radius 1 is 0.688 bits per heavy atom. The van der Waals surface area contributed by atoms with Gasteiger partial charge in [-0.15, -0.1) is 93.9 Å². The van der Waals surface area contributed by atoms with Crippen molar-refractivity contribution in [1.82, 2.24) is 0 Å². The molecule has 0 aliphatic carbocycles. The normalized spacial score (nSPS) is 10.1.